The summed E-state index contributed by atoms with van der Waals surface area (Å²) in [4.78, 5) is 25.0. The number of aryl methyl sites for hydroxylation is 1. The maximum atomic E-state index is 12.6. The summed E-state index contributed by atoms with van der Waals surface area (Å²) in [5, 5.41) is 3.01. The van der Waals surface area contributed by atoms with Crippen LogP contribution in [0.1, 0.15) is 46.8 Å². The maximum Gasteiger partial charge on any atom is 0.255 e. The highest BCUT2D eigenvalue weighted by atomic mass is 32.2. The highest BCUT2D eigenvalue weighted by Gasteiger charge is 2.24. The molecule has 0 bridgehead atoms. The SMILES string of the molecule is C/C=C(\CCOc1ccc(CCC=O)c2c1CCN(Sc1ccc(Sc3ccccc3)s1)C2)NC(=O)c1ccccc1. The first-order valence-electron chi connectivity index (χ1n) is 14.1. The van der Waals surface area contributed by atoms with Crippen LogP contribution in [0.25, 0.3) is 0 Å². The predicted molar refractivity (Wildman–Crippen MR) is 173 cm³/mol. The zero-order valence-corrected chi connectivity index (χ0v) is 26.0. The Bertz CT molecular complexity index is 1520. The zero-order chi connectivity index (χ0) is 29.1. The molecule has 0 spiro atoms. The molecule has 8 heteroatoms. The fourth-order valence-electron chi connectivity index (χ4n) is 4.84. The molecule has 5 nitrogen and oxygen atoms in total. The van der Waals surface area contributed by atoms with Crippen LogP contribution in [-0.2, 0) is 24.2 Å². The summed E-state index contributed by atoms with van der Waals surface area (Å²) in [6, 6.07) is 28.2. The number of rotatable bonds is 13. The topological polar surface area (TPSA) is 58.6 Å². The fraction of sp³-hybridized carbons (Fsp3) is 0.235. The Morgan fingerprint density at radius 2 is 1.74 bits per heavy atom. The fourth-order valence-corrected chi connectivity index (χ4v) is 8.35. The first kappa shape index (κ1) is 30.2. The smallest absolute Gasteiger partial charge is 0.255 e. The minimum Gasteiger partial charge on any atom is -0.493 e. The van der Waals surface area contributed by atoms with Gasteiger partial charge in [0.25, 0.3) is 5.91 Å². The highest BCUT2D eigenvalue weighted by Crippen LogP contribution is 2.41. The van der Waals surface area contributed by atoms with Crippen molar-refractivity contribution in [2.45, 2.75) is 52.5 Å². The summed E-state index contributed by atoms with van der Waals surface area (Å²) in [6.45, 7) is 4.10. The predicted octanol–water partition coefficient (Wildman–Crippen LogP) is 8.20. The Morgan fingerprint density at radius 3 is 2.50 bits per heavy atom. The minimum absolute atomic E-state index is 0.116. The van der Waals surface area contributed by atoms with E-state index in [0.29, 0.717) is 25.0 Å². The molecule has 0 unspecified atom stereocenters. The van der Waals surface area contributed by atoms with Gasteiger partial charge in [0.2, 0.25) is 0 Å². The number of hydrogen-bond acceptors (Lipinski definition) is 7. The van der Waals surface area contributed by atoms with E-state index in [0.717, 1.165) is 43.7 Å². The van der Waals surface area contributed by atoms with Crippen molar-refractivity contribution in [2.24, 2.45) is 0 Å². The Balaban J connectivity index is 1.22. The quantitative estimate of drug-likeness (QED) is 0.121. The van der Waals surface area contributed by atoms with Crippen molar-refractivity contribution in [1.29, 1.82) is 0 Å². The van der Waals surface area contributed by atoms with E-state index < -0.39 is 0 Å². The number of allylic oxidation sites excluding steroid dienone is 1. The van der Waals surface area contributed by atoms with Gasteiger partial charge >= 0.3 is 0 Å². The van der Waals surface area contributed by atoms with E-state index in [4.69, 9.17) is 4.74 Å². The molecule has 0 radical (unpaired) electrons. The second kappa shape index (κ2) is 15.3. The normalized spacial score (nSPS) is 13.4. The van der Waals surface area contributed by atoms with Crippen LogP contribution in [0, 0.1) is 0 Å². The van der Waals surface area contributed by atoms with Crippen molar-refractivity contribution >= 4 is 47.2 Å². The van der Waals surface area contributed by atoms with E-state index in [2.05, 4.69) is 52.1 Å². The van der Waals surface area contributed by atoms with Crippen molar-refractivity contribution in [3.8, 4) is 5.75 Å². The lowest BCUT2D eigenvalue weighted by atomic mass is 9.92. The number of nitrogens with zero attached hydrogens (tertiary/aromatic N) is 1. The number of nitrogens with one attached hydrogen (secondary N) is 1. The molecule has 1 aliphatic heterocycles. The summed E-state index contributed by atoms with van der Waals surface area (Å²) in [7, 11) is 0. The van der Waals surface area contributed by atoms with Crippen molar-refractivity contribution in [1.82, 2.24) is 9.62 Å². The van der Waals surface area contributed by atoms with Gasteiger partial charge in [-0.05, 0) is 85.3 Å². The molecule has 5 rings (SSSR count). The molecule has 0 saturated carbocycles. The Hall–Kier alpha value is -3.30. The molecule has 1 aromatic heterocycles. The van der Waals surface area contributed by atoms with Gasteiger partial charge in [-0.2, -0.15) is 0 Å². The van der Waals surface area contributed by atoms with Gasteiger partial charge in [-0.15, -0.1) is 11.3 Å². The lowest BCUT2D eigenvalue weighted by Crippen LogP contribution is -2.26. The molecule has 0 fully saturated rings. The van der Waals surface area contributed by atoms with E-state index in [1.807, 2.05) is 54.7 Å². The molecular formula is C34H34N2O3S3. The van der Waals surface area contributed by atoms with Gasteiger partial charge in [-0.25, -0.2) is 4.31 Å². The number of ether oxygens (including phenoxy) is 1. The second-order valence-corrected chi connectivity index (χ2v) is 13.7. The standard InChI is InChI=1S/C34H34N2O3S3/c1-2-27(35-34(38)26-10-5-3-6-11-26)20-23-39-31-16-15-25(12-9-22-37)30-24-36(21-19-29(30)31)42-33-18-17-32(41-33)40-28-13-7-4-8-14-28/h2-8,10-11,13-18,22H,9,12,19-21,23-24H2,1H3,(H,35,38)/b27-2+. The van der Waals surface area contributed by atoms with Gasteiger partial charge in [0.1, 0.15) is 12.0 Å². The first-order chi connectivity index (χ1) is 20.6. The largest absolute Gasteiger partial charge is 0.493 e. The summed E-state index contributed by atoms with van der Waals surface area (Å²) < 4.78 is 11.3. The van der Waals surface area contributed by atoms with E-state index in [-0.39, 0.29) is 5.91 Å². The van der Waals surface area contributed by atoms with Gasteiger partial charge in [0.15, 0.2) is 0 Å². The molecule has 1 amide bonds. The Labute approximate surface area is 260 Å². The van der Waals surface area contributed by atoms with Gasteiger partial charge in [-0.1, -0.05) is 60.3 Å². The molecule has 2 heterocycles. The molecule has 1 aliphatic rings. The summed E-state index contributed by atoms with van der Waals surface area (Å²) in [6.07, 6.45) is 5.63. The summed E-state index contributed by atoms with van der Waals surface area (Å²) in [5.41, 5.74) is 5.19. The van der Waals surface area contributed by atoms with Crippen molar-refractivity contribution in [3.63, 3.8) is 0 Å². The van der Waals surface area contributed by atoms with Crippen LogP contribution >= 0.6 is 35.0 Å². The van der Waals surface area contributed by atoms with Crippen molar-refractivity contribution in [3.05, 3.63) is 119 Å². The van der Waals surface area contributed by atoms with Crippen LogP contribution in [0.15, 0.2) is 110 Å². The molecule has 4 aromatic rings. The number of benzene rings is 3. The van der Waals surface area contributed by atoms with E-state index in [9.17, 15) is 9.59 Å². The molecule has 216 valence electrons. The summed E-state index contributed by atoms with van der Waals surface area (Å²) in [5.74, 6) is 0.779. The second-order valence-electron chi connectivity index (χ2n) is 9.81. The van der Waals surface area contributed by atoms with Crippen LogP contribution in [-0.4, -0.2) is 29.7 Å². The van der Waals surface area contributed by atoms with Crippen molar-refractivity contribution < 1.29 is 14.3 Å². The molecular weight excluding hydrogens is 581 g/mol. The lowest BCUT2D eigenvalue weighted by Gasteiger charge is -2.30. The Kier molecular flexibility index (Phi) is 11.0. The van der Waals surface area contributed by atoms with Crippen LogP contribution in [0.4, 0.5) is 0 Å². The number of carbonyl (C=O) groups is 2. The molecule has 0 atom stereocenters. The number of thiophene rings is 1. The average Bonchev–Trinajstić information content (AvgIpc) is 3.47. The van der Waals surface area contributed by atoms with E-state index >= 15 is 0 Å². The van der Waals surface area contributed by atoms with Crippen LogP contribution in [0.2, 0.25) is 0 Å². The zero-order valence-electron chi connectivity index (χ0n) is 23.6. The molecule has 0 aliphatic carbocycles. The third kappa shape index (κ3) is 8.16. The number of fused-ring (bicyclic) bond motifs is 1. The van der Waals surface area contributed by atoms with E-state index in [1.54, 1.807) is 35.8 Å². The first-order valence-corrected chi connectivity index (χ1v) is 16.5. The molecule has 3 aromatic carbocycles. The van der Waals surface area contributed by atoms with Crippen molar-refractivity contribution in [2.75, 3.05) is 13.2 Å². The van der Waals surface area contributed by atoms with Gasteiger partial charge in [-0.3, -0.25) is 4.79 Å². The number of aldehydes is 1. The van der Waals surface area contributed by atoms with Gasteiger partial charge in [0, 0.05) is 47.7 Å². The average molecular weight is 615 g/mol. The van der Waals surface area contributed by atoms with Gasteiger partial charge < -0.3 is 14.8 Å². The van der Waals surface area contributed by atoms with Crippen LogP contribution in [0.5, 0.6) is 5.75 Å². The third-order valence-electron chi connectivity index (χ3n) is 6.99. The lowest BCUT2D eigenvalue weighted by molar-refractivity contribution is -0.107. The maximum absolute atomic E-state index is 12.6. The van der Waals surface area contributed by atoms with E-state index in [1.165, 1.54) is 30.0 Å². The molecule has 42 heavy (non-hydrogen) atoms. The highest BCUT2D eigenvalue weighted by molar-refractivity contribution is 8.02. The number of carbonyl (C=O) groups excluding carboxylic acids is 2. The molecule has 0 saturated heterocycles. The minimum atomic E-state index is -0.116. The van der Waals surface area contributed by atoms with Crippen LogP contribution in [0.3, 0.4) is 0 Å². The Morgan fingerprint density at radius 1 is 0.976 bits per heavy atom. The van der Waals surface area contributed by atoms with Gasteiger partial charge in [0.05, 0.1) is 15.0 Å². The molecule has 1 N–H and O–H groups in total. The number of amides is 1. The third-order valence-corrected chi connectivity index (χ3v) is 10.4. The number of hydrogen-bond donors (Lipinski definition) is 1. The summed E-state index contributed by atoms with van der Waals surface area (Å²) >= 11 is 5.42. The monoisotopic (exact) mass is 614 g/mol. The van der Waals surface area contributed by atoms with Crippen LogP contribution < -0.4 is 10.1 Å².